The molecule has 7 nitrogen and oxygen atoms in total. The molecular formula is C16H24F7NaO7S. The second kappa shape index (κ2) is 13.3. The van der Waals surface area contributed by atoms with E-state index in [1.807, 2.05) is 6.92 Å². The number of rotatable bonds is 13. The summed E-state index contributed by atoms with van der Waals surface area (Å²) in [6, 6.07) is 0. The summed E-state index contributed by atoms with van der Waals surface area (Å²) in [5.41, 5.74) is 0. The third kappa shape index (κ3) is 10.1. The van der Waals surface area contributed by atoms with Crippen molar-refractivity contribution in [1.29, 1.82) is 0 Å². The molecule has 32 heavy (non-hydrogen) atoms. The minimum absolute atomic E-state index is 0. The molecule has 2 unspecified atom stereocenters. The number of hydrogen-bond donors (Lipinski definition) is 1. The molecule has 0 aliphatic rings. The molecular weight excluding hydrogens is 492 g/mol. The standard InChI is InChI=1S/C16H23F7O7S.Na.H/c1-3-5-6-10(4-2)8-29-12(24)7-11(31(26,27)28)13(25)30-9-14(17,18)15(19,20)16(21,22)23;;/h10-11H,3-9H2,1-2H3,(H,26,27,28);;/q;+1;-1. The quantitative estimate of drug-likeness (QED) is 0.168. The molecule has 2 atom stereocenters. The van der Waals surface area contributed by atoms with Crippen LogP contribution in [0.5, 0.6) is 0 Å². The third-order valence-electron chi connectivity index (χ3n) is 4.21. The molecule has 0 saturated carbocycles. The average molecular weight is 516 g/mol. The normalized spacial score (nSPS) is 14.8. The van der Waals surface area contributed by atoms with E-state index in [0.29, 0.717) is 12.8 Å². The van der Waals surface area contributed by atoms with Crippen LogP contribution in [0.1, 0.15) is 47.4 Å². The summed E-state index contributed by atoms with van der Waals surface area (Å²) in [7, 11) is -5.48. The summed E-state index contributed by atoms with van der Waals surface area (Å²) in [5.74, 6) is -16.3. The number of unbranched alkanes of at least 4 members (excludes halogenated alkanes) is 1. The number of hydrogen-bond acceptors (Lipinski definition) is 6. The van der Waals surface area contributed by atoms with Crippen molar-refractivity contribution in [3.05, 3.63) is 0 Å². The van der Waals surface area contributed by atoms with Crippen LogP contribution in [-0.4, -0.2) is 61.4 Å². The SMILES string of the molecule is CCCCC(CC)COC(=O)CC(C(=O)OCC(F)(F)C(F)(F)C(F)(F)F)S(=O)(=O)O.[H-].[Na+]. The number of halogens is 7. The van der Waals surface area contributed by atoms with Gasteiger partial charge in [0.05, 0.1) is 13.0 Å². The van der Waals surface area contributed by atoms with Crippen LogP contribution in [0.15, 0.2) is 0 Å². The van der Waals surface area contributed by atoms with E-state index in [2.05, 4.69) is 4.74 Å². The Labute approximate surface area is 203 Å². The van der Waals surface area contributed by atoms with Crippen molar-refractivity contribution in [2.75, 3.05) is 13.2 Å². The molecule has 0 radical (unpaired) electrons. The van der Waals surface area contributed by atoms with Gasteiger partial charge in [0.25, 0.3) is 10.1 Å². The minimum Gasteiger partial charge on any atom is -1.00 e. The van der Waals surface area contributed by atoms with Crippen LogP contribution in [-0.2, 0) is 29.2 Å². The molecule has 0 aromatic rings. The van der Waals surface area contributed by atoms with Gasteiger partial charge in [-0.05, 0) is 12.3 Å². The van der Waals surface area contributed by atoms with E-state index in [0.717, 1.165) is 12.8 Å². The van der Waals surface area contributed by atoms with Gasteiger partial charge in [0.15, 0.2) is 11.9 Å². The predicted molar refractivity (Wildman–Crippen MR) is 92.2 cm³/mol. The Balaban J connectivity index is -0.00000450. The van der Waals surface area contributed by atoms with E-state index in [1.54, 1.807) is 6.92 Å². The second-order valence-corrected chi connectivity index (χ2v) is 8.29. The summed E-state index contributed by atoms with van der Waals surface area (Å²) in [5, 5.41) is -2.86. The first-order valence-electron chi connectivity index (χ1n) is 9.01. The van der Waals surface area contributed by atoms with E-state index in [1.165, 1.54) is 0 Å². The van der Waals surface area contributed by atoms with Gasteiger partial charge in [-0.1, -0.05) is 33.1 Å². The summed E-state index contributed by atoms with van der Waals surface area (Å²) in [6.07, 6.45) is -5.23. The first-order chi connectivity index (χ1) is 13.9. The van der Waals surface area contributed by atoms with Crippen molar-refractivity contribution in [2.24, 2.45) is 5.92 Å². The van der Waals surface area contributed by atoms with E-state index in [4.69, 9.17) is 9.29 Å². The molecule has 0 saturated heterocycles. The van der Waals surface area contributed by atoms with Crippen LogP contribution >= 0.6 is 0 Å². The van der Waals surface area contributed by atoms with Crippen LogP contribution in [0.25, 0.3) is 0 Å². The van der Waals surface area contributed by atoms with Crippen molar-refractivity contribution >= 4 is 22.1 Å². The molecule has 16 heteroatoms. The maximum Gasteiger partial charge on any atom is 1.00 e. The van der Waals surface area contributed by atoms with E-state index in [9.17, 15) is 48.7 Å². The molecule has 0 spiro atoms. The molecule has 0 amide bonds. The molecule has 0 fully saturated rings. The number of alkyl halides is 7. The van der Waals surface area contributed by atoms with Gasteiger partial charge in [-0.3, -0.25) is 14.1 Å². The minimum atomic E-state index is -6.69. The summed E-state index contributed by atoms with van der Waals surface area (Å²) in [4.78, 5) is 23.4. The molecule has 0 heterocycles. The van der Waals surface area contributed by atoms with Crippen LogP contribution in [0, 0.1) is 5.92 Å². The van der Waals surface area contributed by atoms with Crippen LogP contribution in [0.3, 0.4) is 0 Å². The zero-order chi connectivity index (χ0) is 24.7. The van der Waals surface area contributed by atoms with Crippen LogP contribution < -0.4 is 29.6 Å². The number of carbonyl (C=O) groups is 2. The summed E-state index contributed by atoms with van der Waals surface area (Å²) < 4.78 is 128. The maximum atomic E-state index is 13.2. The van der Waals surface area contributed by atoms with Gasteiger partial charge >= 0.3 is 59.5 Å². The predicted octanol–water partition coefficient (Wildman–Crippen LogP) is 0.885. The van der Waals surface area contributed by atoms with Gasteiger partial charge in [0.1, 0.15) is 0 Å². The Hall–Kier alpha value is -0.640. The van der Waals surface area contributed by atoms with Crippen molar-refractivity contribution in [3.8, 4) is 0 Å². The first-order valence-corrected chi connectivity index (χ1v) is 10.5. The second-order valence-electron chi connectivity index (χ2n) is 6.69. The van der Waals surface area contributed by atoms with Crippen molar-refractivity contribution in [1.82, 2.24) is 0 Å². The number of ether oxygens (including phenoxy) is 2. The Morgan fingerprint density at radius 3 is 1.97 bits per heavy atom. The zero-order valence-electron chi connectivity index (χ0n) is 18.6. The van der Waals surface area contributed by atoms with Gasteiger partial charge < -0.3 is 10.9 Å². The Morgan fingerprint density at radius 1 is 1.03 bits per heavy atom. The molecule has 0 aliphatic heterocycles. The van der Waals surface area contributed by atoms with Gasteiger partial charge in [0.2, 0.25) is 0 Å². The average Bonchev–Trinajstić information content (AvgIpc) is 2.62. The fourth-order valence-corrected chi connectivity index (χ4v) is 2.84. The molecule has 186 valence electrons. The molecule has 0 aromatic carbocycles. The van der Waals surface area contributed by atoms with Gasteiger partial charge in [0, 0.05) is 0 Å². The van der Waals surface area contributed by atoms with Gasteiger partial charge in [-0.2, -0.15) is 39.2 Å². The third-order valence-corrected chi connectivity index (χ3v) is 5.29. The monoisotopic (exact) mass is 516 g/mol. The molecule has 1 N–H and O–H groups in total. The van der Waals surface area contributed by atoms with Crippen LogP contribution in [0.2, 0.25) is 0 Å². The Bertz CT molecular complexity index is 720. The van der Waals surface area contributed by atoms with Crippen molar-refractivity contribution in [2.45, 2.75) is 69.2 Å². The fourth-order valence-electron chi connectivity index (χ4n) is 2.18. The van der Waals surface area contributed by atoms with Crippen LogP contribution in [0.4, 0.5) is 30.7 Å². The maximum absolute atomic E-state index is 13.2. The first kappa shape index (κ1) is 33.5. The molecule has 0 aromatic heterocycles. The smallest absolute Gasteiger partial charge is 1.00 e. The Kier molecular flexibility index (Phi) is 13.9. The molecule has 0 rings (SSSR count). The molecule has 0 bridgehead atoms. The summed E-state index contributed by atoms with van der Waals surface area (Å²) in [6.45, 7) is 0.658. The Morgan fingerprint density at radius 2 is 1.56 bits per heavy atom. The van der Waals surface area contributed by atoms with E-state index in [-0.39, 0.29) is 43.5 Å². The molecule has 0 aliphatic carbocycles. The van der Waals surface area contributed by atoms with Gasteiger partial charge in [-0.25, -0.2) is 0 Å². The zero-order valence-corrected chi connectivity index (χ0v) is 20.4. The van der Waals surface area contributed by atoms with Crippen molar-refractivity contribution in [3.63, 3.8) is 0 Å². The largest absolute Gasteiger partial charge is 1.00 e. The van der Waals surface area contributed by atoms with E-state index < -0.39 is 58.4 Å². The summed E-state index contributed by atoms with van der Waals surface area (Å²) >= 11 is 0. The van der Waals surface area contributed by atoms with Crippen molar-refractivity contribution < 1.29 is 93.8 Å². The topological polar surface area (TPSA) is 107 Å². The number of carbonyl (C=O) groups excluding carboxylic acids is 2. The number of esters is 2. The van der Waals surface area contributed by atoms with Gasteiger partial charge in [-0.15, -0.1) is 0 Å². The fraction of sp³-hybridized carbons (Fsp3) is 0.875. The van der Waals surface area contributed by atoms with E-state index >= 15 is 0 Å².